The number of carbonyl (C=O) groups is 2. The number of Topliss-reactive ketones (excluding diaryl/α,β-unsaturated/α-hetero) is 1. The van der Waals surface area contributed by atoms with Gasteiger partial charge in [-0.3, -0.25) is 14.5 Å². The van der Waals surface area contributed by atoms with Gasteiger partial charge in [0.2, 0.25) is 5.91 Å². The van der Waals surface area contributed by atoms with Crippen molar-refractivity contribution < 1.29 is 9.59 Å². The lowest BCUT2D eigenvalue weighted by molar-refractivity contribution is -0.135. The van der Waals surface area contributed by atoms with Gasteiger partial charge in [-0.15, -0.1) is 0 Å². The van der Waals surface area contributed by atoms with Crippen molar-refractivity contribution >= 4 is 11.7 Å². The molecule has 0 aromatic heterocycles. The molecule has 4 nitrogen and oxygen atoms in total. The van der Waals surface area contributed by atoms with Crippen LogP contribution in [0.25, 0.3) is 0 Å². The average molecular weight is 238 g/mol. The smallest absolute Gasteiger partial charge is 0.236 e. The molecule has 96 valence electrons. The molecule has 4 heteroatoms. The normalized spacial score (nSPS) is 25.3. The SMILES string of the molecule is CC1(C)CCN(CC(=O)N2CCC(=O)CC2)C1. The predicted octanol–water partition coefficient (Wildman–Crippen LogP) is 0.910. The van der Waals surface area contributed by atoms with Crippen LogP contribution in [0.1, 0.15) is 33.1 Å². The van der Waals surface area contributed by atoms with Crippen LogP contribution in [0.5, 0.6) is 0 Å². The zero-order chi connectivity index (χ0) is 12.5. The van der Waals surface area contributed by atoms with Crippen LogP contribution in [0, 0.1) is 5.41 Å². The largest absolute Gasteiger partial charge is 0.341 e. The summed E-state index contributed by atoms with van der Waals surface area (Å²) in [6.45, 7) is 8.28. The third-order valence-corrected chi connectivity index (χ3v) is 3.79. The number of hydrogen-bond donors (Lipinski definition) is 0. The Kier molecular flexibility index (Phi) is 3.52. The van der Waals surface area contributed by atoms with Crippen molar-refractivity contribution in [2.45, 2.75) is 33.1 Å². The van der Waals surface area contributed by atoms with E-state index in [0.717, 1.165) is 13.1 Å². The minimum absolute atomic E-state index is 0.190. The number of likely N-dealkylation sites (tertiary alicyclic amines) is 2. The van der Waals surface area contributed by atoms with E-state index in [-0.39, 0.29) is 11.7 Å². The maximum absolute atomic E-state index is 12.0. The molecule has 2 aliphatic heterocycles. The second-order valence-electron chi connectivity index (χ2n) is 6.04. The first-order valence-electron chi connectivity index (χ1n) is 6.48. The molecule has 2 aliphatic rings. The van der Waals surface area contributed by atoms with Gasteiger partial charge >= 0.3 is 0 Å². The second-order valence-corrected chi connectivity index (χ2v) is 6.04. The van der Waals surface area contributed by atoms with Crippen molar-refractivity contribution in [3.8, 4) is 0 Å². The molecule has 2 fully saturated rings. The number of ketones is 1. The molecule has 2 heterocycles. The minimum Gasteiger partial charge on any atom is -0.341 e. The zero-order valence-corrected chi connectivity index (χ0v) is 10.9. The number of carbonyl (C=O) groups excluding carboxylic acids is 2. The van der Waals surface area contributed by atoms with Gasteiger partial charge in [0.05, 0.1) is 6.54 Å². The Morgan fingerprint density at radius 3 is 2.41 bits per heavy atom. The van der Waals surface area contributed by atoms with Gasteiger partial charge in [0.15, 0.2) is 0 Å². The molecule has 0 unspecified atom stereocenters. The van der Waals surface area contributed by atoms with Crippen LogP contribution in [0.4, 0.5) is 0 Å². The monoisotopic (exact) mass is 238 g/mol. The fraction of sp³-hybridized carbons (Fsp3) is 0.846. The number of hydrogen-bond acceptors (Lipinski definition) is 3. The molecule has 0 aliphatic carbocycles. The molecule has 0 N–H and O–H groups in total. The van der Waals surface area contributed by atoms with Crippen LogP contribution < -0.4 is 0 Å². The fourth-order valence-electron chi connectivity index (χ4n) is 2.66. The van der Waals surface area contributed by atoms with Crippen LogP contribution in [0.15, 0.2) is 0 Å². The Morgan fingerprint density at radius 2 is 1.88 bits per heavy atom. The summed E-state index contributed by atoms with van der Waals surface area (Å²) in [7, 11) is 0. The summed E-state index contributed by atoms with van der Waals surface area (Å²) in [5.74, 6) is 0.478. The Morgan fingerprint density at radius 1 is 1.24 bits per heavy atom. The van der Waals surface area contributed by atoms with Crippen molar-refractivity contribution in [1.29, 1.82) is 0 Å². The van der Waals surface area contributed by atoms with Crippen LogP contribution in [-0.2, 0) is 9.59 Å². The van der Waals surface area contributed by atoms with Gasteiger partial charge in [0.25, 0.3) is 0 Å². The van der Waals surface area contributed by atoms with Gasteiger partial charge in [-0.1, -0.05) is 13.8 Å². The Hall–Kier alpha value is -0.900. The molecule has 1 amide bonds. The maximum atomic E-state index is 12.0. The Bertz CT molecular complexity index is 315. The predicted molar refractivity (Wildman–Crippen MR) is 65.7 cm³/mol. The first kappa shape index (κ1) is 12.6. The van der Waals surface area contributed by atoms with E-state index in [2.05, 4.69) is 18.7 Å². The van der Waals surface area contributed by atoms with Crippen LogP contribution >= 0.6 is 0 Å². The minimum atomic E-state index is 0.190. The molecule has 0 bridgehead atoms. The van der Waals surface area contributed by atoms with E-state index in [9.17, 15) is 9.59 Å². The van der Waals surface area contributed by atoms with Crippen LogP contribution in [0.3, 0.4) is 0 Å². The third kappa shape index (κ3) is 3.28. The molecule has 0 atom stereocenters. The van der Waals surface area contributed by atoms with Gasteiger partial charge in [0.1, 0.15) is 5.78 Å². The molecule has 2 rings (SSSR count). The topological polar surface area (TPSA) is 40.6 Å². The Balaban J connectivity index is 1.80. The lowest BCUT2D eigenvalue weighted by Gasteiger charge is -2.28. The fourth-order valence-corrected chi connectivity index (χ4v) is 2.66. The molecule has 0 aromatic carbocycles. The number of rotatable bonds is 2. The summed E-state index contributed by atoms with van der Waals surface area (Å²) in [4.78, 5) is 27.2. The van der Waals surface area contributed by atoms with E-state index in [4.69, 9.17) is 0 Å². The molecular weight excluding hydrogens is 216 g/mol. The standard InChI is InChI=1S/C13H22N2O2/c1-13(2)5-8-14(10-13)9-12(17)15-6-3-11(16)4-7-15/h3-10H2,1-2H3. The van der Waals surface area contributed by atoms with Crippen molar-refractivity contribution in [2.75, 3.05) is 32.7 Å². The average Bonchev–Trinajstić information content (AvgIpc) is 2.59. The highest BCUT2D eigenvalue weighted by molar-refractivity contribution is 5.84. The van der Waals surface area contributed by atoms with Crippen molar-refractivity contribution in [2.24, 2.45) is 5.41 Å². The first-order valence-corrected chi connectivity index (χ1v) is 6.48. The molecule has 0 radical (unpaired) electrons. The van der Waals surface area contributed by atoms with E-state index < -0.39 is 0 Å². The molecule has 0 spiro atoms. The highest BCUT2D eigenvalue weighted by Gasteiger charge is 2.31. The lowest BCUT2D eigenvalue weighted by atomic mass is 9.93. The summed E-state index contributed by atoms with van der Waals surface area (Å²) < 4.78 is 0. The molecular formula is C13H22N2O2. The van der Waals surface area contributed by atoms with Gasteiger partial charge in [-0.2, -0.15) is 0 Å². The van der Waals surface area contributed by atoms with E-state index >= 15 is 0 Å². The van der Waals surface area contributed by atoms with Crippen molar-refractivity contribution in [1.82, 2.24) is 9.80 Å². The van der Waals surface area contributed by atoms with E-state index in [1.165, 1.54) is 6.42 Å². The summed E-state index contributed by atoms with van der Waals surface area (Å²) in [6.07, 6.45) is 2.24. The molecule has 17 heavy (non-hydrogen) atoms. The summed E-state index contributed by atoms with van der Waals surface area (Å²) in [5, 5.41) is 0. The molecule has 0 saturated carbocycles. The van der Waals surface area contributed by atoms with E-state index in [1.807, 2.05) is 4.90 Å². The van der Waals surface area contributed by atoms with Crippen molar-refractivity contribution in [3.05, 3.63) is 0 Å². The van der Waals surface area contributed by atoms with Gasteiger partial charge < -0.3 is 4.90 Å². The van der Waals surface area contributed by atoms with E-state index in [1.54, 1.807) is 0 Å². The number of nitrogens with zero attached hydrogens (tertiary/aromatic N) is 2. The first-order chi connectivity index (χ1) is 7.96. The van der Waals surface area contributed by atoms with Crippen LogP contribution in [-0.4, -0.2) is 54.2 Å². The van der Waals surface area contributed by atoms with E-state index in [0.29, 0.717) is 37.9 Å². The van der Waals surface area contributed by atoms with Gasteiger partial charge in [-0.25, -0.2) is 0 Å². The summed E-state index contributed by atoms with van der Waals surface area (Å²) in [6, 6.07) is 0. The van der Waals surface area contributed by atoms with Crippen LogP contribution in [0.2, 0.25) is 0 Å². The number of amides is 1. The summed E-state index contributed by atoms with van der Waals surface area (Å²) >= 11 is 0. The Labute approximate surface area is 103 Å². The highest BCUT2D eigenvalue weighted by Crippen LogP contribution is 2.28. The third-order valence-electron chi connectivity index (χ3n) is 3.79. The second kappa shape index (κ2) is 4.77. The summed E-state index contributed by atoms with van der Waals surface area (Å²) in [5.41, 5.74) is 0.345. The van der Waals surface area contributed by atoms with Gasteiger partial charge in [0, 0.05) is 32.5 Å². The zero-order valence-electron chi connectivity index (χ0n) is 10.9. The molecule has 2 saturated heterocycles. The maximum Gasteiger partial charge on any atom is 0.236 e. The lowest BCUT2D eigenvalue weighted by Crippen LogP contribution is -2.44. The molecule has 0 aromatic rings. The highest BCUT2D eigenvalue weighted by atomic mass is 16.2. The van der Waals surface area contributed by atoms with Crippen molar-refractivity contribution in [3.63, 3.8) is 0 Å². The quantitative estimate of drug-likeness (QED) is 0.718. The number of piperidine rings is 1. The van der Waals surface area contributed by atoms with Gasteiger partial charge in [-0.05, 0) is 18.4 Å².